The van der Waals surface area contributed by atoms with E-state index in [4.69, 9.17) is 0 Å². The minimum absolute atomic E-state index is 0. The van der Waals surface area contributed by atoms with Crippen LogP contribution in [0.4, 0.5) is 0 Å². The van der Waals surface area contributed by atoms with Crippen molar-refractivity contribution in [3.8, 4) is 0 Å². The average molecular weight is 284 g/mol. The minimum atomic E-state index is 0. The molecule has 1 heteroatoms. The van der Waals surface area contributed by atoms with E-state index in [1.165, 1.54) is 0 Å². The van der Waals surface area contributed by atoms with Crippen LogP contribution in [0, 0.1) is 13.5 Å². The third-order valence-electron chi connectivity index (χ3n) is 0.607. The van der Waals surface area contributed by atoms with Crippen LogP contribution < -0.4 is 0 Å². The van der Waals surface area contributed by atoms with E-state index in [9.17, 15) is 0 Å². The van der Waals surface area contributed by atoms with Crippen LogP contribution in [-0.2, 0) is 20.1 Å². The Hall–Kier alpha value is -0.131. The summed E-state index contributed by atoms with van der Waals surface area (Å²) in [7, 11) is 0. The predicted molar refractivity (Wildman–Crippen MR) is 31.7 cm³/mol. The van der Waals surface area contributed by atoms with Crippen molar-refractivity contribution in [3.05, 3.63) is 43.8 Å². The SMILES string of the molecule is [CH3-].[Ir+3].[c-]1ccccc1. The van der Waals surface area contributed by atoms with E-state index in [1.807, 2.05) is 30.3 Å². The fourth-order valence-corrected chi connectivity index (χ4v) is 0.342. The van der Waals surface area contributed by atoms with Gasteiger partial charge in [-0.15, -0.1) is 0 Å². The largest absolute Gasteiger partial charge is 3.00 e. The van der Waals surface area contributed by atoms with Crippen molar-refractivity contribution < 1.29 is 20.1 Å². The molecular weight excluding hydrogens is 276 g/mol. The summed E-state index contributed by atoms with van der Waals surface area (Å²) in [5, 5.41) is 0. The molecule has 0 N–H and O–H groups in total. The quantitative estimate of drug-likeness (QED) is 0.639. The van der Waals surface area contributed by atoms with Gasteiger partial charge in [0.1, 0.15) is 0 Å². The van der Waals surface area contributed by atoms with Gasteiger partial charge in [0.05, 0.1) is 0 Å². The molecule has 0 amide bonds. The van der Waals surface area contributed by atoms with E-state index in [-0.39, 0.29) is 27.5 Å². The summed E-state index contributed by atoms with van der Waals surface area (Å²) in [6, 6.07) is 12.5. The van der Waals surface area contributed by atoms with Crippen molar-refractivity contribution in [1.82, 2.24) is 0 Å². The zero-order valence-electron chi connectivity index (χ0n) is 4.72. The van der Waals surface area contributed by atoms with Crippen LogP contribution in [0.5, 0.6) is 0 Å². The Bertz CT molecular complexity index is 76.3. The third kappa shape index (κ3) is 4.04. The summed E-state index contributed by atoms with van der Waals surface area (Å²) < 4.78 is 0. The zero-order chi connectivity index (χ0) is 4.24. The van der Waals surface area contributed by atoms with E-state index < -0.39 is 0 Å². The Morgan fingerprint density at radius 2 is 1.38 bits per heavy atom. The molecule has 0 unspecified atom stereocenters. The Morgan fingerprint density at radius 1 is 0.875 bits per heavy atom. The molecule has 1 rings (SSSR count). The van der Waals surface area contributed by atoms with Gasteiger partial charge >= 0.3 is 20.1 Å². The minimum Gasteiger partial charge on any atom is -0.358 e. The van der Waals surface area contributed by atoms with Crippen molar-refractivity contribution in [3.63, 3.8) is 0 Å². The summed E-state index contributed by atoms with van der Waals surface area (Å²) in [5.74, 6) is 0. The molecule has 0 bridgehead atoms. The van der Waals surface area contributed by atoms with Gasteiger partial charge in [-0.1, -0.05) is 0 Å². The summed E-state index contributed by atoms with van der Waals surface area (Å²) in [4.78, 5) is 0. The van der Waals surface area contributed by atoms with Crippen LogP contribution >= 0.6 is 0 Å². The molecule has 8 heavy (non-hydrogen) atoms. The maximum atomic E-state index is 2.89. The molecule has 0 spiro atoms. The molecule has 0 radical (unpaired) electrons. The number of benzene rings is 1. The maximum Gasteiger partial charge on any atom is 3.00 e. The van der Waals surface area contributed by atoms with E-state index >= 15 is 0 Å². The van der Waals surface area contributed by atoms with Crippen LogP contribution in [0.2, 0.25) is 0 Å². The fraction of sp³-hybridized carbons (Fsp3) is 0. The first-order chi connectivity index (χ1) is 3.00. The smallest absolute Gasteiger partial charge is 0.358 e. The van der Waals surface area contributed by atoms with Gasteiger partial charge in [0.25, 0.3) is 0 Å². The second-order valence-corrected chi connectivity index (χ2v) is 1.08. The van der Waals surface area contributed by atoms with Crippen molar-refractivity contribution in [1.29, 1.82) is 0 Å². The van der Waals surface area contributed by atoms with Crippen LogP contribution in [0.15, 0.2) is 30.3 Å². The molecule has 0 aliphatic heterocycles. The average Bonchev–Trinajstić information content (AvgIpc) is 1.72. The summed E-state index contributed by atoms with van der Waals surface area (Å²) in [6.45, 7) is 0. The number of hydrogen-bond donors (Lipinski definition) is 0. The fourth-order valence-electron chi connectivity index (χ4n) is 0.342. The van der Waals surface area contributed by atoms with E-state index in [0.29, 0.717) is 0 Å². The van der Waals surface area contributed by atoms with Crippen molar-refractivity contribution in [2.45, 2.75) is 0 Å². The first-order valence-electron chi connectivity index (χ1n) is 1.91. The molecule has 0 atom stereocenters. The second kappa shape index (κ2) is 6.87. The second-order valence-electron chi connectivity index (χ2n) is 1.08. The van der Waals surface area contributed by atoms with Gasteiger partial charge in [0, 0.05) is 0 Å². The molecular formula is C7H8Ir+. The topological polar surface area (TPSA) is 0 Å². The molecule has 44 valence electrons. The molecule has 0 nitrogen and oxygen atoms in total. The van der Waals surface area contributed by atoms with Crippen LogP contribution in [0.25, 0.3) is 0 Å². The van der Waals surface area contributed by atoms with E-state index in [2.05, 4.69) is 6.07 Å². The Morgan fingerprint density at radius 3 is 1.50 bits per heavy atom. The van der Waals surface area contributed by atoms with Gasteiger partial charge in [0.2, 0.25) is 0 Å². The Kier molecular flexibility index (Phi) is 9.26. The van der Waals surface area contributed by atoms with Gasteiger partial charge in [-0.25, -0.2) is 0 Å². The first kappa shape index (κ1) is 10.8. The van der Waals surface area contributed by atoms with Gasteiger partial charge in [-0.05, 0) is 0 Å². The third-order valence-corrected chi connectivity index (χ3v) is 0.607. The van der Waals surface area contributed by atoms with Gasteiger partial charge < -0.3 is 7.43 Å². The summed E-state index contributed by atoms with van der Waals surface area (Å²) >= 11 is 0. The van der Waals surface area contributed by atoms with Crippen LogP contribution in [-0.4, -0.2) is 0 Å². The molecule has 0 heterocycles. The first-order valence-corrected chi connectivity index (χ1v) is 1.91. The van der Waals surface area contributed by atoms with Gasteiger partial charge in [-0.2, -0.15) is 36.4 Å². The zero-order valence-corrected chi connectivity index (χ0v) is 7.12. The van der Waals surface area contributed by atoms with Crippen LogP contribution in [0.3, 0.4) is 0 Å². The standard InChI is InChI=1S/C6H5.CH3.Ir/c1-2-4-6-5-3-1;;/h1-5H;1H3;/q2*-1;+3. The van der Waals surface area contributed by atoms with Crippen molar-refractivity contribution in [2.75, 3.05) is 0 Å². The molecule has 0 aliphatic carbocycles. The normalized spacial score (nSPS) is 6.00. The van der Waals surface area contributed by atoms with Gasteiger partial charge in [-0.3, -0.25) is 0 Å². The Labute approximate surface area is 64.3 Å². The van der Waals surface area contributed by atoms with Crippen molar-refractivity contribution in [2.24, 2.45) is 0 Å². The molecule has 1 aromatic carbocycles. The monoisotopic (exact) mass is 285 g/mol. The Balaban J connectivity index is 0. The molecule has 0 saturated heterocycles. The van der Waals surface area contributed by atoms with Gasteiger partial charge in [0.15, 0.2) is 0 Å². The van der Waals surface area contributed by atoms with E-state index in [1.54, 1.807) is 0 Å². The summed E-state index contributed by atoms with van der Waals surface area (Å²) in [5.41, 5.74) is 0. The van der Waals surface area contributed by atoms with Crippen molar-refractivity contribution >= 4 is 0 Å². The number of rotatable bonds is 0. The maximum absolute atomic E-state index is 2.89. The van der Waals surface area contributed by atoms with E-state index in [0.717, 1.165) is 0 Å². The summed E-state index contributed by atoms with van der Waals surface area (Å²) in [6.07, 6.45) is 0. The predicted octanol–water partition coefficient (Wildman–Crippen LogP) is 1.93. The molecule has 0 aromatic heterocycles. The van der Waals surface area contributed by atoms with Crippen LogP contribution in [0.1, 0.15) is 0 Å². The molecule has 0 fully saturated rings. The number of hydrogen-bond acceptors (Lipinski definition) is 0. The molecule has 1 aromatic rings. The molecule has 0 aliphatic rings. The molecule has 0 saturated carbocycles.